The molecule has 3 nitrogen and oxygen atoms in total. The van der Waals surface area contributed by atoms with Gasteiger partial charge in [-0.3, -0.25) is 0 Å². The van der Waals surface area contributed by atoms with E-state index in [0.717, 1.165) is 55.0 Å². The van der Waals surface area contributed by atoms with Crippen LogP contribution < -0.4 is 15.9 Å². The molecule has 5 aromatic carbocycles. The minimum Gasteiger partial charge on any atom is -0.456 e. The van der Waals surface area contributed by atoms with Crippen LogP contribution in [0.5, 0.6) is 0 Å². The molecule has 0 fully saturated rings. The summed E-state index contributed by atoms with van der Waals surface area (Å²) in [7, 11) is 0. The van der Waals surface area contributed by atoms with Crippen molar-refractivity contribution in [3.8, 4) is 22.4 Å². The van der Waals surface area contributed by atoms with Gasteiger partial charge in [-0.25, -0.2) is 4.98 Å². The Morgan fingerprint density at radius 3 is 2.07 bits per heavy atom. The molecular weight excluding hydrogens is 500 g/mol. The van der Waals surface area contributed by atoms with Crippen LogP contribution in [0.3, 0.4) is 0 Å². The van der Waals surface area contributed by atoms with Crippen LogP contribution >= 0.6 is 0 Å². The molecule has 194 valence electrons. The number of aromatic nitrogens is 1. The third-order valence-electron chi connectivity index (χ3n) is 7.93. The molecule has 0 saturated heterocycles. The van der Waals surface area contributed by atoms with Crippen molar-refractivity contribution < 1.29 is 4.42 Å². The maximum atomic E-state index is 6.14. The third kappa shape index (κ3) is 4.11. The van der Waals surface area contributed by atoms with Crippen molar-refractivity contribution in [2.45, 2.75) is 6.04 Å². The van der Waals surface area contributed by atoms with Crippen LogP contribution in [0.4, 0.5) is 0 Å². The Hall–Kier alpha value is -5.41. The van der Waals surface area contributed by atoms with Crippen LogP contribution in [0.1, 0.15) is 17.2 Å². The zero-order chi connectivity index (χ0) is 27.2. The van der Waals surface area contributed by atoms with Crippen molar-refractivity contribution in [1.82, 2.24) is 10.3 Å². The summed E-state index contributed by atoms with van der Waals surface area (Å²) in [4.78, 5) is 5.13. The van der Waals surface area contributed by atoms with Crippen LogP contribution in [-0.4, -0.2) is 4.98 Å². The Bertz CT molecular complexity index is 2160. The summed E-state index contributed by atoms with van der Waals surface area (Å²) in [5.74, 6) is 0. The lowest BCUT2D eigenvalue weighted by Gasteiger charge is -2.24. The van der Waals surface area contributed by atoms with E-state index in [2.05, 4.69) is 127 Å². The van der Waals surface area contributed by atoms with E-state index in [9.17, 15) is 0 Å². The monoisotopic (exact) mass is 526 g/mol. The highest BCUT2D eigenvalue weighted by Gasteiger charge is 2.18. The second-order valence-electron chi connectivity index (χ2n) is 10.4. The fourth-order valence-electron chi connectivity index (χ4n) is 5.92. The van der Waals surface area contributed by atoms with Crippen LogP contribution in [0, 0.1) is 0 Å². The van der Waals surface area contributed by atoms with Gasteiger partial charge in [0.2, 0.25) is 0 Å². The van der Waals surface area contributed by atoms with E-state index in [1.165, 1.54) is 16.7 Å². The van der Waals surface area contributed by atoms with Crippen molar-refractivity contribution in [2.75, 3.05) is 0 Å². The van der Waals surface area contributed by atoms with Gasteiger partial charge in [0, 0.05) is 21.6 Å². The lowest BCUT2D eigenvalue weighted by molar-refractivity contribution is 0.669. The number of furan rings is 1. The van der Waals surface area contributed by atoms with Crippen molar-refractivity contribution in [3.05, 3.63) is 161 Å². The Balaban J connectivity index is 1.23. The van der Waals surface area contributed by atoms with Crippen LogP contribution in [0.2, 0.25) is 0 Å². The maximum Gasteiger partial charge on any atom is 0.136 e. The average Bonchev–Trinajstić information content (AvgIpc) is 3.44. The number of benzene rings is 5. The van der Waals surface area contributed by atoms with E-state index in [4.69, 9.17) is 9.40 Å². The third-order valence-corrected chi connectivity index (χ3v) is 7.93. The van der Waals surface area contributed by atoms with E-state index in [1.807, 2.05) is 24.3 Å². The molecule has 2 aromatic heterocycles. The zero-order valence-corrected chi connectivity index (χ0v) is 22.3. The summed E-state index contributed by atoms with van der Waals surface area (Å²) in [6, 6.07) is 48.6. The second-order valence-corrected chi connectivity index (χ2v) is 10.4. The van der Waals surface area contributed by atoms with Crippen LogP contribution in [0.15, 0.2) is 144 Å². The van der Waals surface area contributed by atoms with Gasteiger partial charge in [-0.2, -0.15) is 0 Å². The van der Waals surface area contributed by atoms with Gasteiger partial charge in [-0.05, 0) is 52.6 Å². The Labute approximate surface area is 237 Å². The van der Waals surface area contributed by atoms with Gasteiger partial charge in [-0.15, -0.1) is 0 Å². The molecule has 1 atom stereocenters. The van der Waals surface area contributed by atoms with Gasteiger partial charge < -0.3 is 9.73 Å². The highest BCUT2D eigenvalue weighted by Crippen LogP contribution is 2.37. The van der Waals surface area contributed by atoms with E-state index in [-0.39, 0.29) is 6.04 Å². The molecule has 3 heterocycles. The molecule has 0 aliphatic carbocycles. The summed E-state index contributed by atoms with van der Waals surface area (Å²) in [6.07, 6.45) is 2.24. The molecule has 0 radical (unpaired) electrons. The Morgan fingerprint density at radius 2 is 1.27 bits per heavy atom. The van der Waals surface area contributed by atoms with E-state index in [0.29, 0.717) is 0 Å². The van der Waals surface area contributed by atoms with Gasteiger partial charge in [0.25, 0.3) is 0 Å². The molecule has 0 saturated carbocycles. The molecule has 1 N–H and O–H groups in total. The number of nitrogens with one attached hydrogen (secondary N) is 1. The van der Waals surface area contributed by atoms with Gasteiger partial charge in [0.05, 0.1) is 22.8 Å². The largest absolute Gasteiger partial charge is 0.456 e. The zero-order valence-electron chi connectivity index (χ0n) is 22.3. The molecule has 1 aliphatic heterocycles. The van der Waals surface area contributed by atoms with Crippen molar-refractivity contribution in [2.24, 2.45) is 0 Å². The lowest BCUT2D eigenvalue weighted by Crippen LogP contribution is -2.41. The molecule has 0 spiro atoms. The number of pyridine rings is 1. The first-order chi connectivity index (χ1) is 20.3. The molecule has 1 unspecified atom stereocenters. The summed E-state index contributed by atoms with van der Waals surface area (Å²) < 4.78 is 6.14. The summed E-state index contributed by atoms with van der Waals surface area (Å²) in [5.41, 5.74) is 9.69. The van der Waals surface area contributed by atoms with Gasteiger partial charge >= 0.3 is 0 Å². The fraction of sp³-hybridized carbons (Fsp3) is 0.0263. The lowest BCUT2D eigenvalue weighted by atomic mass is 9.95. The minimum atomic E-state index is -0.0178. The van der Waals surface area contributed by atoms with Gasteiger partial charge in [-0.1, -0.05) is 115 Å². The van der Waals surface area contributed by atoms with Crippen molar-refractivity contribution in [3.63, 3.8) is 0 Å². The molecular formula is C38H26N2O. The molecule has 7 aromatic rings. The fourth-order valence-corrected chi connectivity index (χ4v) is 5.92. The number of hydrogen-bond donors (Lipinski definition) is 1. The predicted molar refractivity (Wildman–Crippen MR) is 167 cm³/mol. The molecule has 0 bridgehead atoms. The number of nitrogens with zero attached hydrogens (tertiary/aromatic N) is 1. The minimum absolute atomic E-state index is 0.0178. The SMILES string of the molecule is C1=c2nc(-c3ccccc3)ccc2=C(c2ccccc2)NC1c1ccc(-c2cccc3oc4ccccc4c23)cc1. The summed E-state index contributed by atoms with van der Waals surface area (Å²) in [5, 5.41) is 8.22. The van der Waals surface area contributed by atoms with E-state index < -0.39 is 0 Å². The molecule has 3 heteroatoms. The normalized spacial score (nSPS) is 14.4. The number of rotatable bonds is 4. The number of hydrogen-bond acceptors (Lipinski definition) is 3. The Morgan fingerprint density at radius 1 is 0.561 bits per heavy atom. The van der Waals surface area contributed by atoms with Crippen LogP contribution in [0.25, 0.3) is 56.1 Å². The van der Waals surface area contributed by atoms with Crippen molar-refractivity contribution in [1.29, 1.82) is 0 Å². The standard InChI is InChI=1S/C38H26N2O/c1-3-10-26(11-4-1)32-23-22-30-34(39-32)24-33(40-38(30)28-12-5-2-6-13-28)27-20-18-25(19-21-27)29-15-9-17-36-37(29)31-14-7-8-16-35(31)41-36/h1-24,33,40H. The van der Waals surface area contributed by atoms with Gasteiger partial charge in [0.1, 0.15) is 11.2 Å². The quantitative estimate of drug-likeness (QED) is 0.257. The predicted octanol–water partition coefficient (Wildman–Crippen LogP) is 7.60. The summed E-state index contributed by atoms with van der Waals surface area (Å²) in [6.45, 7) is 0. The highest BCUT2D eigenvalue weighted by atomic mass is 16.3. The number of para-hydroxylation sites is 1. The molecule has 1 aliphatic rings. The van der Waals surface area contributed by atoms with E-state index >= 15 is 0 Å². The molecule has 41 heavy (non-hydrogen) atoms. The topological polar surface area (TPSA) is 38.1 Å². The smallest absolute Gasteiger partial charge is 0.136 e. The van der Waals surface area contributed by atoms with E-state index in [1.54, 1.807) is 0 Å². The first kappa shape index (κ1) is 23.5. The second kappa shape index (κ2) is 9.65. The highest BCUT2D eigenvalue weighted by molar-refractivity contribution is 6.12. The first-order valence-electron chi connectivity index (χ1n) is 13.9. The average molecular weight is 527 g/mol. The maximum absolute atomic E-state index is 6.14. The van der Waals surface area contributed by atoms with Crippen LogP contribution in [-0.2, 0) is 0 Å². The molecule has 8 rings (SSSR count). The van der Waals surface area contributed by atoms with Crippen molar-refractivity contribution >= 4 is 33.7 Å². The Kier molecular flexibility index (Phi) is 5.53. The number of fused-ring (bicyclic) bond motifs is 4. The first-order valence-corrected chi connectivity index (χ1v) is 13.9. The molecule has 0 amide bonds. The summed E-state index contributed by atoms with van der Waals surface area (Å²) >= 11 is 0. The van der Waals surface area contributed by atoms with Gasteiger partial charge in [0.15, 0.2) is 0 Å².